The van der Waals surface area contributed by atoms with Gasteiger partial charge in [-0.2, -0.15) is 0 Å². The van der Waals surface area contributed by atoms with Crippen molar-refractivity contribution in [2.45, 2.75) is 27.7 Å². The minimum atomic E-state index is 0.701. The molecule has 0 radical (unpaired) electrons. The first-order valence-electron chi connectivity index (χ1n) is 16.3. The van der Waals surface area contributed by atoms with Gasteiger partial charge in [-0.25, -0.2) is 9.97 Å². The van der Waals surface area contributed by atoms with Crippen LogP contribution in [0.4, 0.5) is 0 Å². The van der Waals surface area contributed by atoms with Crippen LogP contribution in [0.2, 0.25) is 0 Å². The van der Waals surface area contributed by atoms with E-state index >= 15 is 0 Å². The number of fused-ring (bicyclic) bond motifs is 6. The van der Waals surface area contributed by atoms with E-state index in [0.29, 0.717) is 5.82 Å². The predicted octanol–water partition coefficient (Wildman–Crippen LogP) is 11.1. The molecule has 0 spiro atoms. The number of aromatic nitrogens is 5. The van der Waals surface area contributed by atoms with Gasteiger partial charge in [-0.3, -0.25) is 9.97 Å². The molecule has 0 unspecified atom stereocenters. The first-order valence-corrected chi connectivity index (χ1v) is 16.3. The van der Waals surface area contributed by atoms with Crippen LogP contribution in [0.3, 0.4) is 0 Å². The molecule has 0 saturated heterocycles. The van der Waals surface area contributed by atoms with Crippen molar-refractivity contribution in [1.29, 1.82) is 0 Å². The summed E-state index contributed by atoms with van der Waals surface area (Å²) in [6, 6.07) is 39.9. The van der Waals surface area contributed by atoms with Crippen molar-refractivity contribution in [2.75, 3.05) is 0 Å². The second kappa shape index (κ2) is 12.8. The Bertz CT molecular complexity index is 2290. The highest BCUT2D eigenvalue weighted by Crippen LogP contribution is 2.45. The third-order valence-electron chi connectivity index (χ3n) is 8.32. The van der Waals surface area contributed by atoms with E-state index in [-0.39, 0.29) is 0 Å². The normalized spacial score (nSPS) is 11.0. The van der Waals surface area contributed by atoms with Gasteiger partial charge in [0.25, 0.3) is 0 Å². The predicted molar refractivity (Wildman–Crippen MR) is 197 cm³/mol. The molecule has 0 atom stereocenters. The van der Waals surface area contributed by atoms with Crippen LogP contribution >= 0.6 is 0 Å². The maximum absolute atomic E-state index is 5.28. The molecule has 0 fully saturated rings. The molecule has 5 aromatic heterocycles. The molecule has 9 aromatic rings. The molecule has 0 aliphatic heterocycles. The van der Waals surface area contributed by atoms with Crippen LogP contribution in [0.1, 0.15) is 27.7 Å². The molecular weight excluding hydrogens is 574 g/mol. The molecule has 0 aliphatic rings. The Morgan fingerprint density at radius 3 is 1.32 bits per heavy atom. The smallest absolute Gasteiger partial charge is 0.160 e. The Balaban J connectivity index is 0.000000848. The van der Waals surface area contributed by atoms with Gasteiger partial charge in [0.2, 0.25) is 0 Å². The Labute approximate surface area is 274 Å². The van der Waals surface area contributed by atoms with E-state index in [0.717, 1.165) is 61.0 Å². The molecule has 0 amide bonds. The summed E-state index contributed by atoms with van der Waals surface area (Å²) in [5.41, 5.74) is 10.3. The summed E-state index contributed by atoms with van der Waals surface area (Å²) in [5.74, 6) is 0.701. The van der Waals surface area contributed by atoms with E-state index in [1.165, 1.54) is 16.3 Å². The van der Waals surface area contributed by atoms with E-state index < -0.39 is 0 Å². The first-order chi connectivity index (χ1) is 23.3. The van der Waals surface area contributed by atoms with Gasteiger partial charge < -0.3 is 4.40 Å². The van der Waals surface area contributed by atoms with Gasteiger partial charge in [0.05, 0.1) is 40.3 Å². The molecule has 0 N–H and O–H groups in total. The van der Waals surface area contributed by atoms with Crippen LogP contribution in [0, 0.1) is 0 Å². The van der Waals surface area contributed by atoms with Crippen LogP contribution < -0.4 is 0 Å². The lowest BCUT2D eigenvalue weighted by atomic mass is 9.92. The second-order valence-electron chi connectivity index (χ2n) is 10.8. The van der Waals surface area contributed by atoms with Crippen molar-refractivity contribution < 1.29 is 0 Å². The van der Waals surface area contributed by atoms with Crippen molar-refractivity contribution in [2.24, 2.45) is 0 Å². The quantitative estimate of drug-likeness (QED) is 0.199. The third-order valence-corrected chi connectivity index (χ3v) is 8.32. The van der Waals surface area contributed by atoms with Gasteiger partial charge >= 0.3 is 0 Å². The van der Waals surface area contributed by atoms with Gasteiger partial charge in [0, 0.05) is 56.2 Å². The zero-order valence-electron chi connectivity index (χ0n) is 27.0. The van der Waals surface area contributed by atoms with E-state index in [1.807, 2.05) is 82.8 Å². The number of nitrogens with zero attached hydrogens (tertiary/aromatic N) is 5. The minimum Gasteiger partial charge on any atom is -0.305 e. The molecule has 5 nitrogen and oxygen atoms in total. The van der Waals surface area contributed by atoms with Gasteiger partial charge in [0.15, 0.2) is 5.82 Å². The SMILES string of the molecule is CC.CC.c1ccc(-c2nc(-c3ccccc3)c(-c3cc4c5ccncc5n5c6cnccc6c(c3)c45)c(-c3ccccc3)n2)cc1. The molecule has 0 saturated carbocycles. The average Bonchev–Trinajstić information content (AvgIpc) is 3.69. The van der Waals surface area contributed by atoms with Crippen LogP contribution in [-0.4, -0.2) is 24.3 Å². The fourth-order valence-corrected chi connectivity index (χ4v) is 6.45. The molecule has 5 heteroatoms. The van der Waals surface area contributed by atoms with Crippen LogP contribution in [-0.2, 0) is 0 Å². The molecular formula is C42H35N5. The number of hydrogen-bond acceptors (Lipinski definition) is 4. The highest BCUT2D eigenvalue weighted by molar-refractivity contribution is 6.24. The number of pyridine rings is 2. The van der Waals surface area contributed by atoms with Crippen molar-refractivity contribution in [3.8, 4) is 45.0 Å². The second-order valence-corrected chi connectivity index (χ2v) is 10.8. The summed E-state index contributed by atoms with van der Waals surface area (Å²) in [6.07, 6.45) is 7.63. The Hall–Kier alpha value is -5.94. The van der Waals surface area contributed by atoms with Crippen LogP contribution in [0.5, 0.6) is 0 Å². The van der Waals surface area contributed by atoms with E-state index in [9.17, 15) is 0 Å². The standard InChI is InChI=1S/C38H23N5.2C2H6/c1-4-10-24(11-5-1)35-34(36(25-12-6-2-7-13-25)42-38(41-35)26-14-8-3-9-15-26)27-20-30-28-16-18-39-22-32(28)43-33-23-40-19-17-29(33)31(21-27)37(30)43;2*1-2/h1-23H;2*1-2H3. The van der Waals surface area contributed by atoms with E-state index in [2.05, 4.69) is 99.3 Å². The number of benzene rings is 4. The summed E-state index contributed by atoms with van der Waals surface area (Å²) >= 11 is 0. The van der Waals surface area contributed by atoms with Crippen LogP contribution in [0.15, 0.2) is 140 Å². The summed E-state index contributed by atoms with van der Waals surface area (Å²) in [5, 5.41) is 4.66. The fourth-order valence-electron chi connectivity index (χ4n) is 6.45. The summed E-state index contributed by atoms with van der Waals surface area (Å²) in [6.45, 7) is 8.00. The minimum absolute atomic E-state index is 0.701. The Kier molecular flexibility index (Phi) is 8.11. The fraction of sp³-hybridized carbons (Fsp3) is 0.0952. The zero-order valence-corrected chi connectivity index (χ0v) is 27.0. The topological polar surface area (TPSA) is 56.0 Å². The maximum atomic E-state index is 5.28. The first kappa shape index (κ1) is 29.8. The monoisotopic (exact) mass is 609 g/mol. The van der Waals surface area contributed by atoms with Crippen molar-refractivity contribution >= 4 is 38.1 Å². The molecule has 0 bridgehead atoms. The van der Waals surface area contributed by atoms with Gasteiger partial charge in [-0.05, 0) is 29.8 Å². The zero-order chi connectivity index (χ0) is 32.3. The van der Waals surface area contributed by atoms with Crippen LogP contribution in [0.25, 0.3) is 83.1 Å². The number of hydrogen-bond donors (Lipinski definition) is 0. The molecule has 47 heavy (non-hydrogen) atoms. The van der Waals surface area contributed by atoms with E-state index in [1.54, 1.807) is 0 Å². The van der Waals surface area contributed by atoms with Crippen molar-refractivity contribution in [1.82, 2.24) is 24.3 Å². The summed E-state index contributed by atoms with van der Waals surface area (Å²) in [4.78, 5) is 19.5. The lowest BCUT2D eigenvalue weighted by molar-refractivity contribution is 1.18. The van der Waals surface area contributed by atoms with Crippen molar-refractivity contribution in [3.05, 3.63) is 140 Å². The van der Waals surface area contributed by atoms with Gasteiger partial charge in [-0.1, -0.05) is 119 Å². The summed E-state index contributed by atoms with van der Waals surface area (Å²) in [7, 11) is 0. The molecule has 5 heterocycles. The van der Waals surface area contributed by atoms with E-state index in [4.69, 9.17) is 9.97 Å². The lowest BCUT2D eigenvalue weighted by Crippen LogP contribution is -2.00. The maximum Gasteiger partial charge on any atom is 0.160 e. The largest absolute Gasteiger partial charge is 0.305 e. The Morgan fingerprint density at radius 1 is 0.447 bits per heavy atom. The molecule has 0 aliphatic carbocycles. The molecule has 228 valence electrons. The molecule has 4 aromatic carbocycles. The molecule has 9 rings (SSSR count). The third kappa shape index (κ3) is 4.97. The Morgan fingerprint density at radius 2 is 0.872 bits per heavy atom. The van der Waals surface area contributed by atoms with Gasteiger partial charge in [-0.15, -0.1) is 0 Å². The lowest BCUT2D eigenvalue weighted by Gasteiger charge is -2.17. The van der Waals surface area contributed by atoms with Gasteiger partial charge in [0.1, 0.15) is 0 Å². The van der Waals surface area contributed by atoms with Crippen molar-refractivity contribution in [3.63, 3.8) is 0 Å². The highest BCUT2D eigenvalue weighted by atomic mass is 14.9. The number of rotatable bonds is 4. The summed E-state index contributed by atoms with van der Waals surface area (Å²) < 4.78 is 2.30. The highest BCUT2D eigenvalue weighted by Gasteiger charge is 2.24. The average molecular weight is 610 g/mol.